The molecule has 2 amide bonds. The fraction of sp³-hybridized carbons (Fsp3) is 0.200. The number of hydrogen-bond acceptors (Lipinski definition) is 4. The number of nitrogens with one attached hydrogen (secondary N) is 1. The lowest BCUT2D eigenvalue weighted by Crippen LogP contribution is -2.44. The van der Waals surface area contributed by atoms with Gasteiger partial charge in [0.15, 0.2) is 0 Å². The van der Waals surface area contributed by atoms with Crippen LogP contribution in [-0.4, -0.2) is 38.0 Å². The first-order chi connectivity index (χ1) is 15.0. The van der Waals surface area contributed by atoms with Gasteiger partial charge in [0, 0.05) is 24.4 Å². The minimum Gasteiger partial charge on any atom is -0.497 e. The number of carbonyl (C=O) groups is 2. The summed E-state index contributed by atoms with van der Waals surface area (Å²) in [7, 11) is 4.92. The number of amides is 2. The van der Waals surface area contributed by atoms with Crippen LogP contribution in [0.5, 0.6) is 11.5 Å². The number of fused-ring (bicyclic) bond motifs is 1. The summed E-state index contributed by atoms with van der Waals surface area (Å²) in [4.78, 5) is 28.3. The molecule has 1 N–H and O–H groups in total. The van der Waals surface area contributed by atoms with Gasteiger partial charge in [-0.25, -0.2) is 0 Å². The van der Waals surface area contributed by atoms with Crippen LogP contribution in [0.4, 0.5) is 5.69 Å². The Morgan fingerprint density at radius 3 is 2.32 bits per heavy atom. The van der Waals surface area contributed by atoms with E-state index >= 15 is 0 Å². The second-order valence-corrected chi connectivity index (χ2v) is 7.42. The molecule has 0 unspecified atom stereocenters. The number of carbonyl (C=O) groups excluding carboxylic acids is 2. The average Bonchev–Trinajstić information content (AvgIpc) is 2.81. The maximum absolute atomic E-state index is 13.6. The molecule has 0 radical (unpaired) electrons. The highest BCUT2D eigenvalue weighted by molar-refractivity contribution is 6.04. The molecule has 0 spiro atoms. The number of benzene rings is 3. The van der Waals surface area contributed by atoms with Gasteiger partial charge in [0.2, 0.25) is 5.91 Å². The lowest BCUT2D eigenvalue weighted by atomic mass is 9.79. The summed E-state index contributed by atoms with van der Waals surface area (Å²) in [6, 6.07) is 21.5. The fourth-order valence-electron chi connectivity index (χ4n) is 4.10. The van der Waals surface area contributed by atoms with E-state index < -0.39 is 12.0 Å². The summed E-state index contributed by atoms with van der Waals surface area (Å²) < 4.78 is 10.5. The van der Waals surface area contributed by atoms with Crippen molar-refractivity contribution < 1.29 is 19.1 Å². The number of nitrogens with zero attached hydrogens (tertiary/aromatic N) is 1. The monoisotopic (exact) mass is 416 g/mol. The van der Waals surface area contributed by atoms with Crippen molar-refractivity contribution in [1.29, 1.82) is 0 Å². The summed E-state index contributed by atoms with van der Waals surface area (Å²) in [5.74, 6) is 0.480. The van der Waals surface area contributed by atoms with Crippen molar-refractivity contribution in [2.75, 3.05) is 26.6 Å². The second-order valence-electron chi connectivity index (χ2n) is 7.42. The Balaban J connectivity index is 1.78. The first-order valence-corrected chi connectivity index (χ1v) is 9.98. The molecule has 1 aliphatic rings. The van der Waals surface area contributed by atoms with Crippen LogP contribution in [0.3, 0.4) is 0 Å². The average molecular weight is 416 g/mol. The highest BCUT2D eigenvalue weighted by atomic mass is 16.5. The highest BCUT2D eigenvalue weighted by Gasteiger charge is 2.42. The molecule has 1 heterocycles. The Kier molecular flexibility index (Phi) is 5.62. The summed E-state index contributed by atoms with van der Waals surface area (Å²) in [6.45, 7) is 0. The third-order valence-electron chi connectivity index (χ3n) is 5.66. The Morgan fingerprint density at radius 2 is 1.61 bits per heavy atom. The molecule has 0 bridgehead atoms. The summed E-state index contributed by atoms with van der Waals surface area (Å²) in [5.41, 5.74) is 2.75. The predicted octanol–water partition coefficient (Wildman–Crippen LogP) is 4.25. The second kappa shape index (κ2) is 8.52. The van der Waals surface area contributed by atoms with Crippen LogP contribution >= 0.6 is 0 Å². The van der Waals surface area contributed by atoms with Gasteiger partial charge in [0.25, 0.3) is 5.91 Å². The van der Waals surface area contributed by atoms with Crippen molar-refractivity contribution in [1.82, 2.24) is 4.90 Å². The van der Waals surface area contributed by atoms with E-state index in [9.17, 15) is 9.59 Å². The first kappa shape index (κ1) is 20.5. The molecule has 2 atom stereocenters. The standard InChI is InChI=1S/C25H24N2O4/c1-27-23(16-11-13-18(30-2)14-12-16)22(20-9-4-5-10-21(20)25(27)29)24(28)26-17-7-6-8-19(15-17)31-3/h4-15,22-23H,1-3H3,(H,26,28)/t22-,23+/m0/s1. The zero-order chi connectivity index (χ0) is 22.0. The van der Waals surface area contributed by atoms with Gasteiger partial charge in [-0.1, -0.05) is 36.4 Å². The van der Waals surface area contributed by atoms with Crippen LogP contribution in [0.15, 0.2) is 72.8 Å². The molecule has 6 nitrogen and oxygen atoms in total. The van der Waals surface area contributed by atoms with E-state index in [0.29, 0.717) is 28.3 Å². The number of rotatable bonds is 5. The third kappa shape index (κ3) is 3.84. The van der Waals surface area contributed by atoms with Crippen LogP contribution in [0.2, 0.25) is 0 Å². The third-order valence-corrected chi connectivity index (χ3v) is 5.66. The summed E-state index contributed by atoms with van der Waals surface area (Å²) >= 11 is 0. The van der Waals surface area contributed by atoms with Gasteiger partial charge in [-0.15, -0.1) is 0 Å². The molecule has 4 rings (SSSR count). The predicted molar refractivity (Wildman–Crippen MR) is 119 cm³/mol. The van der Waals surface area contributed by atoms with E-state index in [2.05, 4.69) is 5.32 Å². The largest absolute Gasteiger partial charge is 0.497 e. The molecule has 6 heteroatoms. The van der Waals surface area contributed by atoms with Crippen molar-refractivity contribution in [3.63, 3.8) is 0 Å². The summed E-state index contributed by atoms with van der Waals surface area (Å²) in [6.07, 6.45) is 0. The Hall–Kier alpha value is -3.80. The smallest absolute Gasteiger partial charge is 0.254 e. The van der Waals surface area contributed by atoms with Gasteiger partial charge < -0.3 is 19.7 Å². The molecule has 0 aliphatic carbocycles. The van der Waals surface area contributed by atoms with E-state index in [1.807, 2.05) is 60.7 Å². The van der Waals surface area contributed by atoms with Gasteiger partial charge >= 0.3 is 0 Å². The minimum absolute atomic E-state index is 0.109. The van der Waals surface area contributed by atoms with Crippen LogP contribution < -0.4 is 14.8 Å². The van der Waals surface area contributed by atoms with Gasteiger partial charge in [-0.05, 0) is 41.5 Å². The molecule has 0 saturated heterocycles. The van der Waals surface area contributed by atoms with Crippen LogP contribution in [0, 0.1) is 0 Å². The van der Waals surface area contributed by atoms with Gasteiger partial charge in [0.05, 0.1) is 26.2 Å². The lowest BCUT2D eigenvalue weighted by molar-refractivity contribution is -0.119. The summed E-state index contributed by atoms with van der Waals surface area (Å²) in [5, 5.41) is 3.00. The SMILES string of the molecule is COc1ccc([C@@H]2[C@@H](C(=O)Nc3cccc(OC)c3)c3ccccc3C(=O)N2C)cc1. The highest BCUT2D eigenvalue weighted by Crippen LogP contribution is 2.42. The van der Waals surface area contributed by atoms with Gasteiger partial charge in [-0.2, -0.15) is 0 Å². The van der Waals surface area contributed by atoms with E-state index in [1.54, 1.807) is 38.3 Å². The number of anilines is 1. The number of methoxy groups -OCH3 is 2. The molecule has 0 fully saturated rings. The normalized spacial score (nSPS) is 17.6. The zero-order valence-corrected chi connectivity index (χ0v) is 17.7. The minimum atomic E-state index is -0.585. The van der Waals surface area contributed by atoms with E-state index in [4.69, 9.17) is 9.47 Å². The van der Waals surface area contributed by atoms with Crippen molar-refractivity contribution in [3.05, 3.63) is 89.5 Å². The molecule has 0 aromatic heterocycles. The molecule has 31 heavy (non-hydrogen) atoms. The fourth-order valence-corrected chi connectivity index (χ4v) is 4.10. The number of hydrogen-bond donors (Lipinski definition) is 1. The molecule has 0 saturated carbocycles. The van der Waals surface area contributed by atoms with E-state index in [-0.39, 0.29) is 11.8 Å². The molecular formula is C25H24N2O4. The molecule has 3 aromatic rings. The van der Waals surface area contributed by atoms with Gasteiger partial charge in [0.1, 0.15) is 11.5 Å². The van der Waals surface area contributed by atoms with Crippen molar-refractivity contribution >= 4 is 17.5 Å². The van der Waals surface area contributed by atoms with Crippen molar-refractivity contribution in [2.24, 2.45) is 0 Å². The zero-order valence-electron chi connectivity index (χ0n) is 17.7. The number of ether oxygens (including phenoxy) is 2. The van der Waals surface area contributed by atoms with E-state index in [0.717, 1.165) is 5.56 Å². The van der Waals surface area contributed by atoms with Crippen molar-refractivity contribution in [3.8, 4) is 11.5 Å². The topological polar surface area (TPSA) is 67.9 Å². The molecule has 158 valence electrons. The van der Waals surface area contributed by atoms with Gasteiger partial charge in [-0.3, -0.25) is 9.59 Å². The Morgan fingerprint density at radius 1 is 0.903 bits per heavy atom. The maximum atomic E-state index is 13.6. The lowest BCUT2D eigenvalue weighted by Gasteiger charge is -2.39. The van der Waals surface area contributed by atoms with Crippen LogP contribution in [-0.2, 0) is 4.79 Å². The van der Waals surface area contributed by atoms with E-state index in [1.165, 1.54) is 0 Å². The molecular weight excluding hydrogens is 392 g/mol. The maximum Gasteiger partial charge on any atom is 0.254 e. The first-order valence-electron chi connectivity index (χ1n) is 9.98. The molecule has 3 aromatic carbocycles. The number of likely N-dealkylation sites (N-methyl/N-ethyl adjacent to an activating group) is 1. The Bertz CT molecular complexity index is 1110. The Labute approximate surface area is 181 Å². The quantitative estimate of drug-likeness (QED) is 0.675. The molecule has 1 aliphatic heterocycles. The van der Waals surface area contributed by atoms with Crippen molar-refractivity contribution in [2.45, 2.75) is 12.0 Å². The van der Waals surface area contributed by atoms with Crippen LogP contribution in [0.1, 0.15) is 33.4 Å². The van der Waals surface area contributed by atoms with Crippen LogP contribution in [0.25, 0.3) is 0 Å².